The maximum atomic E-state index is 4.48. The van der Waals surface area contributed by atoms with Crippen molar-refractivity contribution in [1.82, 2.24) is 0 Å². The molecule has 0 N–H and O–H groups in total. The van der Waals surface area contributed by atoms with Gasteiger partial charge in [0.1, 0.15) is 8.80 Å². The SMILES string of the molecule is C=C(CCCCCC)[Si](C(=C)CCCCCC)c1ccccc1. The van der Waals surface area contributed by atoms with Crippen molar-refractivity contribution >= 4 is 14.0 Å². The summed E-state index contributed by atoms with van der Waals surface area (Å²) in [6.45, 7) is 13.5. The Bertz CT molecular complexity index is 422. The third-order valence-corrected chi connectivity index (χ3v) is 7.26. The molecule has 0 atom stereocenters. The van der Waals surface area contributed by atoms with E-state index in [4.69, 9.17) is 0 Å². The Kier molecular flexibility index (Phi) is 10.7. The monoisotopic (exact) mass is 327 g/mol. The van der Waals surface area contributed by atoms with Gasteiger partial charge in [-0.1, -0.05) is 98.3 Å². The van der Waals surface area contributed by atoms with Crippen molar-refractivity contribution in [2.75, 3.05) is 0 Å². The van der Waals surface area contributed by atoms with E-state index in [-0.39, 0.29) is 0 Å². The number of benzene rings is 1. The molecule has 1 aromatic carbocycles. The average molecular weight is 328 g/mol. The smallest absolute Gasteiger partial charge is 0.103 e. The lowest BCUT2D eigenvalue weighted by molar-refractivity contribution is 0.668. The summed E-state index contributed by atoms with van der Waals surface area (Å²) in [6, 6.07) is 11.0. The highest BCUT2D eigenvalue weighted by Crippen LogP contribution is 2.20. The second-order valence-corrected chi connectivity index (χ2v) is 9.31. The van der Waals surface area contributed by atoms with Gasteiger partial charge in [0.2, 0.25) is 0 Å². The zero-order valence-electron chi connectivity index (χ0n) is 15.4. The highest BCUT2D eigenvalue weighted by Gasteiger charge is 2.20. The van der Waals surface area contributed by atoms with E-state index in [1.54, 1.807) is 0 Å². The minimum Gasteiger partial charge on any atom is -0.103 e. The van der Waals surface area contributed by atoms with Crippen molar-refractivity contribution in [1.29, 1.82) is 0 Å². The van der Waals surface area contributed by atoms with Crippen LogP contribution in [0.15, 0.2) is 53.9 Å². The van der Waals surface area contributed by atoms with Crippen LogP contribution in [0.1, 0.15) is 78.1 Å². The molecule has 23 heavy (non-hydrogen) atoms. The molecule has 0 unspecified atom stereocenters. The van der Waals surface area contributed by atoms with E-state index in [2.05, 4.69) is 57.3 Å². The van der Waals surface area contributed by atoms with Crippen LogP contribution in [-0.2, 0) is 0 Å². The van der Waals surface area contributed by atoms with Gasteiger partial charge in [0.05, 0.1) is 0 Å². The Morgan fingerprint density at radius 3 is 1.65 bits per heavy atom. The van der Waals surface area contributed by atoms with Crippen LogP contribution in [0.3, 0.4) is 0 Å². The lowest BCUT2D eigenvalue weighted by atomic mass is 10.1. The third kappa shape index (κ3) is 7.83. The first-order valence-electron chi connectivity index (χ1n) is 9.49. The fourth-order valence-corrected chi connectivity index (χ4v) is 5.74. The van der Waals surface area contributed by atoms with Crippen LogP contribution in [-0.4, -0.2) is 8.80 Å². The predicted octanol–water partition coefficient (Wildman–Crippen LogP) is 6.52. The number of unbranched alkanes of at least 4 members (excludes halogenated alkanes) is 6. The largest absolute Gasteiger partial charge is 0.144 e. The normalized spacial score (nSPS) is 10.9. The van der Waals surface area contributed by atoms with Gasteiger partial charge in [0, 0.05) is 0 Å². The van der Waals surface area contributed by atoms with Gasteiger partial charge in [-0.25, -0.2) is 0 Å². The molecule has 0 aliphatic heterocycles. The van der Waals surface area contributed by atoms with Crippen LogP contribution >= 0.6 is 0 Å². The third-order valence-electron chi connectivity index (χ3n) is 4.43. The van der Waals surface area contributed by atoms with Gasteiger partial charge in [0.25, 0.3) is 0 Å². The van der Waals surface area contributed by atoms with Crippen molar-refractivity contribution in [3.63, 3.8) is 0 Å². The molecule has 0 nitrogen and oxygen atoms in total. The van der Waals surface area contributed by atoms with Crippen LogP contribution < -0.4 is 5.19 Å². The highest BCUT2D eigenvalue weighted by atomic mass is 28.3. The Morgan fingerprint density at radius 2 is 1.22 bits per heavy atom. The van der Waals surface area contributed by atoms with Crippen molar-refractivity contribution < 1.29 is 0 Å². The zero-order valence-corrected chi connectivity index (χ0v) is 16.4. The van der Waals surface area contributed by atoms with Crippen molar-refractivity contribution in [3.05, 3.63) is 53.9 Å². The first-order valence-corrected chi connectivity index (χ1v) is 11.0. The first-order chi connectivity index (χ1) is 11.2. The van der Waals surface area contributed by atoms with E-state index in [1.807, 2.05) is 0 Å². The molecule has 1 aromatic rings. The Hall–Kier alpha value is -1.08. The highest BCUT2D eigenvalue weighted by molar-refractivity contribution is 6.85. The summed E-state index contributed by atoms with van der Waals surface area (Å²) in [5, 5.41) is 4.38. The minimum atomic E-state index is -0.841. The summed E-state index contributed by atoms with van der Waals surface area (Å²) in [7, 11) is -0.841. The molecule has 0 spiro atoms. The molecule has 0 saturated carbocycles. The molecular formula is C22H35Si. The molecule has 0 aromatic heterocycles. The van der Waals surface area contributed by atoms with E-state index < -0.39 is 8.80 Å². The number of allylic oxidation sites excluding steroid dienone is 2. The van der Waals surface area contributed by atoms with Gasteiger partial charge in [-0.3, -0.25) is 0 Å². The summed E-state index contributed by atoms with van der Waals surface area (Å²) in [5.74, 6) is 0. The van der Waals surface area contributed by atoms with Gasteiger partial charge in [-0.15, -0.1) is 13.2 Å². The quantitative estimate of drug-likeness (QED) is 0.286. The summed E-state index contributed by atoms with van der Waals surface area (Å²) in [5.41, 5.74) is 0. The van der Waals surface area contributed by atoms with Gasteiger partial charge in [-0.2, -0.15) is 0 Å². The fraction of sp³-hybridized carbons (Fsp3) is 0.545. The lowest BCUT2D eigenvalue weighted by Gasteiger charge is -2.21. The van der Waals surface area contributed by atoms with Gasteiger partial charge < -0.3 is 0 Å². The number of hydrogen-bond donors (Lipinski definition) is 0. The predicted molar refractivity (Wildman–Crippen MR) is 108 cm³/mol. The molecule has 0 fully saturated rings. The maximum Gasteiger partial charge on any atom is 0.144 e. The van der Waals surface area contributed by atoms with Gasteiger partial charge in [0.15, 0.2) is 0 Å². The minimum absolute atomic E-state index is 0.841. The molecule has 0 heterocycles. The summed E-state index contributed by atoms with van der Waals surface area (Å²) >= 11 is 0. The molecule has 1 rings (SSSR count). The standard InChI is InChI=1S/C22H35Si/c1-5-7-9-12-16-20(3)23(22-18-14-11-15-19-22)21(4)17-13-10-8-6-2/h11,14-15,18-19H,3-10,12-13,16-17H2,1-2H3. The van der Waals surface area contributed by atoms with Gasteiger partial charge >= 0.3 is 0 Å². The number of rotatable bonds is 13. The van der Waals surface area contributed by atoms with Crippen molar-refractivity contribution in [3.8, 4) is 0 Å². The summed E-state index contributed by atoms with van der Waals surface area (Å²) in [4.78, 5) is 0. The molecule has 0 bridgehead atoms. The molecule has 0 aliphatic carbocycles. The topological polar surface area (TPSA) is 0 Å². The van der Waals surface area contributed by atoms with Gasteiger partial charge in [-0.05, 0) is 25.7 Å². The Morgan fingerprint density at radius 1 is 0.739 bits per heavy atom. The maximum absolute atomic E-state index is 4.48. The summed E-state index contributed by atoms with van der Waals surface area (Å²) in [6.07, 6.45) is 12.9. The van der Waals surface area contributed by atoms with E-state index in [9.17, 15) is 0 Å². The van der Waals surface area contributed by atoms with Crippen LogP contribution in [0.5, 0.6) is 0 Å². The van der Waals surface area contributed by atoms with Crippen LogP contribution in [0.2, 0.25) is 0 Å². The fourth-order valence-electron chi connectivity index (χ4n) is 3.04. The molecular weight excluding hydrogens is 292 g/mol. The second-order valence-electron chi connectivity index (χ2n) is 6.57. The van der Waals surface area contributed by atoms with E-state index >= 15 is 0 Å². The average Bonchev–Trinajstić information content (AvgIpc) is 2.57. The second kappa shape index (κ2) is 12.4. The molecule has 127 valence electrons. The zero-order chi connectivity index (χ0) is 16.9. The van der Waals surface area contributed by atoms with Crippen molar-refractivity contribution in [2.45, 2.75) is 78.1 Å². The molecule has 0 aliphatic rings. The van der Waals surface area contributed by atoms with Crippen LogP contribution in [0.4, 0.5) is 0 Å². The van der Waals surface area contributed by atoms with E-state index in [0.29, 0.717) is 0 Å². The Labute approximate surface area is 146 Å². The van der Waals surface area contributed by atoms with Crippen molar-refractivity contribution in [2.24, 2.45) is 0 Å². The van der Waals surface area contributed by atoms with E-state index in [0.717, 1.165) is 0 Å². The molecule has 1 radical (unpaired) electrons. The first kappa shape index (κ1) is 20.0. The Balaban J connectivity index is 2.65. The van der Waals surface area contributed by atoms with Crippen LogP contribution in [0, 0.1) is 0 Å². The lowest BCUT2D eigenvalue weighted by Crippen LogP contribution is -2.34. The summed E-state index contributed by atoms with van der Waals surface area (Å²) < 4.78 is 0. The molecule has 0 saturated heterocycles. The van der Waals surface area contributed by atoms with E-state index in [1.165, 1.54) is 79.8 Å². The molecule has 1 heteroatoms. The molecule has 0 amide bonds. The number of hydrogen-bond acceptors (Lipinski definition) is 0. The van der Waals surface area contributed by atoms with Crippen LogP contribution in [0.25, 0.3) is 0 Å².